The Hall–Kier alpha value is -2.63. The van der Waals surface area contributed by atoms with Gasteiger partial charge in [-0.25, -0.2) is 0 Å². The average molecular weight is 968 g/mol. The number of carbonyl (C=O) groups excluding carboxylic acids is 1. The monoisotopic (exact) mass is 968 g/mol. The molecule has 1 fully saturated rings. The van der Waals surface area contributed by atoms with Crippen molar-refractivity contribution in [1.29, 1.82) is 0 Å². The highest BCUT2D eigenvalue weighted by Crippen LogP contribution is 2.23. The fourth-order valence-electron chi connectivity index (χ4n) is 8.47. The smallest absolute Gasteiger partial charge is 0.220 e. The number of hydrogen-bond acceptors (Lipinski definition) is 8. The number of rotatable bonds is 47. The molecule has 0 aliphatic carbocycles. The van der Waals surface area contributed by atoms with Gasteiger partial charge in [-0.05, 0) is 83.5 Å². The molecule has 69 heavy (non-hydrogen) atoms. The van der Waals surface area contributed by atoms with Crippen LogP contribution in [-0.4, -0.2) is 87.5 Å². The third kappa shape index (κ3) is 38.7. The maximum absolute atomic E-state index is 13.0. The van der Waals surface area contributed by atoms with Crippen LogP contribution in [-0.2, 0) is 14.3 Å². The molecule has 0 radical (unpaired) electrons. The molecule has 398 valence electrons. The van der Waals surface area contributed by atoms with Crippen LogP contribution in [0.4, 0.5) is 0 Å². The first-order valence-corrected chi connectivity index (χ1v) is 28.3. The molecule has 7 atom stereocenters. The van der Waals surface area contributed by atoms with E-state index in [1.165, 1.54) is 135 Å². The van der Waals surface area contributed by atoms with Gasteiger partial charge in [0.25, 0.3) is 0 Å². The molecular weight excluding hydrogens is 863 g/mol. The van der Waals surface area contributed by atoms with Crippen molar-refractivity contribution < 1.29 is 39.8 Å². The summed E-state index contributed by atoms with van der Waals surface area (Å²) in [5, 5.41) is 54.4. The Labute approximate surface area is 422 Å². The van der Waals surface area contributed by atoms with Gasteiger partial charge in [0.05, 0.1) is 25.4 Å². The van der Waals surface area contributed by atoms with Gasteiger partial charge in [-0.1, -0.05) is 227 Å². The third-order valence-electron chi connectivity index (χ3n) is 12.9. The first-order chi connectivity index (χ1) is 33.8. The molecule has 1 amide bonds. The number of aliphatic hydroxyl groups excluding tert-OH is 5. The first kappa shape index (κ1) is 64.4. The van der Waals surface area contributed by atoms with Crippen molar-refractivity contribution in [1.82, 2.24) is 5.32 Å². The lowest BCUT2D eigenvalue weighted by atomic mass is 9.99. The molecule has 0 aromatic carbocycles. The molecule has 0 spiro atoms. The van der Waals surface area contributed by atoms with Gasteiger partial charge < -0.3 is 40.3 Å². The van der Waals surface area contributed by atoms with Crippen LogP contribution in [0.15, 0.2) is 85.1 Å². The van der Waals surface area contributed by atoms with Gasteiger partial charge in [0, 0.05) is 6.42 Å². The molecule has 1 aliphatic heterocycles. The van der Waals surface area contributed by atoms with Gasteiger partial charge in [-0.15, -0.1) is 0 Å². The normalized spacial score (nSPS) is 20.1. The Bertz CT molecular complexity index is 1350. The number of amides is 1. The Kier molecular flexibility index (Phi) is 45.7. The van der Waals surface area contributed by atoms with Crippen LogP contribution in [0.3, 0.4) is 0 Å². The van der Waals surface area contributed by atoms with Gasteiger partial charge in [0.15, 0.2) is 6.29 Å². The molecule has 1 saturated heterocycles. The summed E-state index contributed by atoms with van der Waals surface area (Å²) in [7, 11) is 0. The fourth-order valence-corrected chi connectivity index (χ4v) is 8.47. The van der Waals surface area contributed by atoms with Crippen molar-refractivity contribution in [3.63, 3.8) is 0 Å². The van der Waals surface area contributed by atoms with E-state index in [2.05, 4.69) is 92.1 Å². The number of allylic oxidation sites excluding steroid dienone is 13. The second kappa shape index (κ2) is 49.0. The predicted molar refractivity (Wildman–Crippen MR) is 290 cm³/mol. The number of carbonyl (C=O) groups is 1. The van der Waals surface area contributed by atoms with E-state index in [1.54, 1.807) is 6.08 Å². The quantitative estimate of drug-likeness (QED) is 0.0261. The van der Waals surface area contributed by atoms with E-state index in [4.69, 9.17) is 9.47 Å². The van der Waals surface area contributed by atoms with E-state index in [0.29, 0.717) is 6.42 Å². The zero-order valence-electron chi connectivity index (χ0n) is 44.0. The number of ether oxygens (including phenoxy) is 2. The SMILES string of the molecule is CC/C=C\C/C=C\C/C=C\C/C=C\CCCCCCCCCCCCCCCCCCC(=O)NC(COC1OC(CO)C(O)C(O)C1O)C(O)/C=C/CC/C=C/CC/C=C/CCCCCCCCC. The van der Waals surface area contributed by atoms with Crippen molar-refractivity contribution in [3.05, 3.63) is 85.1 Å². The molecule has 7 unspecified atom stereocenters. The molecule has 1 aliphatic rings. The van der Waals surface area contributed by atoms with E-state index < -0.39 is 49.5 Å². The van der Waals surface area contributed by atoms with Crippen molar-refractivity contribution in [2.75, 3.05) is 13.2 Å². The number of unbranched alkanes of at least 4 members (excludes halogenated alkanes) is 25. The second-order valence-electron chi connectivity index (χ2n) is 19.3. The van der Waals surface area contributed by atoms with Crippen molar-refractivity contribution in [2.24, 2.45) is 0 Å². The molecule has 6 N–H and O–H groups in total. The lowest BCUT2D eigenvalue weighted by Crippen LogP contribution is -2.60. The van der Waals surface area contributed by atoms with Crippen molar-refractivity contribution >= 4 is 5.91 Å². The van der Waals surface area contributed by atoms with Gasteiger partial charge in [-0.2, -0.15) is 0 Å². The lowest BCUT2D eigenvalue weighted by Gasteiger charge is -2.40. The predicted octanol–water partition coefficient (Wildman–Crippen LogP) is 13.8. The Balaban J connectivity index is 2.22. The van der Waals surface area contributed by atoms with Crippen LogP contribution in [0.25, 0.3) is 0 Å². The first-order valence-electron chi connectivity index (χ1n) is 28.3. The summed E-state index contributed by atoms with van der Waals surface area (Å²) in [6.45, 7) is 3.64. The minimum Gasteiger partial charge on any atom is -0.394 e. The van der Waals surface area contributed by atoms with E-state index in [1.807, 2.05) is 6.08 Å². The maximum atomic E-state index is 13.0. The molecule has 0 aromatic heterocycles. The van der Waals surface area contributed by atoms with Crippen LogP contribution in [0.2, 0.25) is 0 Å². The third-order valence-corrected chi connectivity index (χ3v) is 12.9. The molecule has 0 aromatic rings. The van der Waals surface area contributed by atoms with Crippen LogP contribution in [0.1, 0.15) is 232 Å². The molecular formula is C60H105NO8. The van der Waals surface area contributed by atoms with E-state index >= 15 is 0 Å². The van der Waals surface area contributed by atoms with Crippen LogP contribution in [0, 0.1) is 0 Å². The van der Waals surface area contributed by atoms with Gasteiger partial charge in [-0.3, -0.25) is 4.79 Å². The number of nitrogens with one attached hydrogen (secondary N) is 1. The van der Waals surface area contributed by atoms with Crippen molar-refractivity contribution in [3.8, 4) is 0 Å². The van der Waals surface area contributed by atoms with Gasteiger partial charge in [0.1, 0.15) is 24.4 Å². The van der Waals surface area contributed by atoms with Crippen molar-refractivity contribution in [2.45, 2.75) is 275 Å². The lowest BCUT2D eigenvalue weighted by molar-refractivity contribution is -0.302. The fraction of sp³-hybridized carbons (Fsp3) is 0.750. The summed E-state index contributed by atoms with van der Waals surface area (Å²) in [5.74, 6) is -0.193. The van der Waals surface area contributed by atoms with E-state index in [-0.39, 0.29) is 12.5 Å². The molecule has 0 saturated carbocycles. The van der Waals surface area contributed by atoms with Gasteiger partial charge in [0.2, 0.25) is 5.91 Å². The highest BCUT2D eigenvalue weighted by molar-refractivity contribution is 5.76. The van der Waals surface area contributed by atoms with Crippen LogP contribution in [0.5, 0.6) is 0 Å². The zero-order chi connectivity index (χ0) is 50.1. The average Bonchev–Trinajstić information content (AvgIpc) is 3.35. The standard InChI is InChI=1S/C60H105NO8/c1-3-5-7-9-11-13-15-17-19-21-22-23-24-25-26-27-28-29-30-31-32-34-36-38-40-42-44-46-48-50-56(64)61-53(52-68-60-59(67)58(66)57(65)55(51-62)69-60)54(63)49-47-45-43-41-39-37-35-33-20-18-16-14-12-10-8-6-4-2/h5,7,11,13,17,19-20,22-23,33,39,41,47,49,53-55,57-60,62-63,65-67H,3-4,6,8-10,12,14-16,18,21,24-32,34-38,40,42-46,48,50-52H2,1-2H3,(H,61,64)/b7-5-,13-11-,19-17-,23-22-,33-20+,41-39+,49-47+. The summed E-state index contributed by atoms with van der Waals surface area (Å²) >= 11 is 0. The summed E-state index contributed by atoms with van der Waals surface area (Å²) in [6, 6.07) is -0.832. The number of hydrogen-bond donors (Lipinski definition) is 6. The zero-order valence-corrected chi connectivity index (χ0v) is 44.0. The minimum absolute atomic E-state index is 0.193. The second-order valence-corrected chi connectivity index (χ2v) is 19.3. The molecule has 9 heteroatoms. The highest BCUT2D eigenvalue weighted by atomic mass is 16.7. The Morgan fingerprint density at radius 1 is 0.507 bits per heavy atom. The largest absolute Gasteiger partial charge is 0.394 e. The summed E-state index contributed by atoms with van der Waals surface area (Å²) in [5.41, 5.74) is 0. The Morgan fingerprint density at radius 2 is 0.913 bits per heavy atom. The molecule has 1 rings (SSSR count). The summed E-state index contributed by atoms with van der Waals surface area (Å²) in [4.78, 5) is 13.0. The number of aliphatic hydroxyl groups is 5. The minimum atomic E-state index is -1.58. The molecule has 9 nitrogen and oxygen atoms in total. The van der Waals surface area contributed by atoms with E-state index in [9.17, 15) is 30.3 Å². The maximum Gasteiger partial charge on any atom is 0.220 e. The van der Waals surface area contributed by atoms with E-state index in [0.717, 1.165) is 77.0 Å². The summed E-state index contributed by atoms with van der Waals surface area (Å²) in [6.07, 6.45) is 62.2. The summed E-state index contributed by atoms with van der Waals surface area (Å²) < 4.78 is 11.2. The van der Waals surface area contributed by atoms with Gasteiger partial charge >= 0.3 is 0 Å². The Morgan fingerprint density at radius 3 is 1.39 bits per heavy atom. The molecule has 1 heterocycles. The highest BCUT2D eigenvalue weighted by Gasteiger charge is 2.44. The molecule has 0 bridgehead atoms. The van der Waals surface area contributed by atoms with Crippen LogP contribution >= 0.6 is 0 Å². The van der Waals surface area contributed by atoms with Crippen LogP contribution < -0.4 is 5.32 Å². The topological polar surface area (TPSA) is 149 Å².